The van der Waals surface area contributed by atoms with Gasteiger partial charge in [-0.1, -0.05) is 0 Å². The van der Waals surface area contributed by atoms with Crippen molar-refractivity contribution in [3.8, 4) is 0 Å². The first-order valence-corrected chi connectivity index (χ1v) is 1.20. The normalized spacial score (nSPS) is 12.8. The van der Waals surface area contributed by atoms with Crippen LogP contribution in [0.2, 0.25) is 0 Å². The van der Waals surface area contributed by atoms with E-state index in [-0.39, 0.29) is 19.3 Å². The maximum Gasteiger partial charge on any atom is 0.211 e. The molecule has 0 radical (unpaired) electrons. The smallest absolute Gasteiger partial charge is 0.211 e. The molecule has 0 spiro atoms. The van der Waals surface area contributed by atoms with Gasteiger partial charge in [0.15, 0.2) is 5.78 Å². The van der Waals surface area contributed by atoms with Crippen molar-refractivity contribution in [1.82, 2.24) is 0 Å². The van der Waals surface area contributed by atoms with Gasteiger partial charge in [0.25, 0.3) is 0 Å². The van der Waals surface area contributed by atoms with E-state index in [0.717, 1.165) is 0 Å². The molecule has 0 aromatic rings. The van der Waals surface area contributed by atoms with Crippen molar-refractivity contribution in [2.75, 3.05) is 6.61 Å². The molecule has 30 valence electrons. The predicted octanol–water partition coefficient (Wildman–Crippen LogP) is -0.432. The van der Waals surface area contributed by atoms with Crippen LogP contribution in [0, 0.1) is 0 Å². The molecule has 0 aliphatic carbocycles. The maximum absolute atomic E-state index is 9.98. The summed E-state index contributed by atoms with van der Waals surface area (Å²) >= 11 is 0. The highest BCUT2D eigenvalue weighted by Crippen LogP contribution is 1.55. The number of aliphatic hydroxyl groups excluding tert-OH is 1. The van der Waals surface area contributed by atoms with Crippen LogP contribution in [0.3, 0.4) is 0 Å². The van der Waals surface area contributed by atoms with E-state index in [4.69, 9.17) is 2.80 Å². The zero-order valence-electron chi connectivity index (χ0n) is 4.73. The molecule has 0 saturated heterocycles. The molecule has 0 aliphatic heterocycles. The number of rotatable bonds is 2. The highest BCUT2D eigenvalue weighted by molar-refractivity contribution is 5.76. The first-order chi connectivity index (χ1) is 3.31. The van der Waals surface area contributed by atoms with Gasteiger partial charge in [-0.3, -0.25) is 4.79 Å². The summed E-state index contributed by atoms with van der Waals surface area (Å²) in [5.74, 6) is -0.366. The molecule has 0 unspecified atom stereocenters. The van der Waals surface area contributed by atoms with E-state index in [2.05, 4.69) is 5.11 Å². The fraction of sp³-hybridized carbons (Fsp3) is 0.667. The molecule has 0 aliphatic rings. The molecule has 0 amide bonds. The molecular formula is C3H6O2. The minimum Gasteiger partial charge on any atom is -0.389 e. The molecule has 0 fully saturated rings. The molecular weight excluding hydrogens is 68.0 g/mol. The monoisotopic (exact) mass is 76.0 g/mol. The van der Waals surface area contributed by atoms with Crippen LogP contribution in [0.5, 0.6) is 0 Å². The van der Waals surface area contributed by atoms with Crippen LogP contribution in [0.4, 0.5) is 0 Å². The quantitative estimate of drug-likeness (QED) is 0.484. The predicted molar refractivity (Wildman–Crippen MR) is 17.8 cm³/mol. The average molecular weight is 76.1 g/mol. The summed E-state index contributed by atoms with van der Waals surface area (Å²) in [5, 5.41) is 3.67. The Hall–Kier alpha value is -0.370. The standard InChI is InChI=1S/C3H6O2/c1-3(5)2-4/h4H,2H2,1H3/i1D,4D. The third-order valence-electron chi connectivity index (χ3n) is 0.161. The van der Waals surface area contributed by atoms with Crippen LogP contribution >= 0.6 is 0 Å². The van der Waals surface area contributed by atoms with E-state index in [1.807, 2.05) is 0 Å². The Balaban J connectivity index is 3.00. The zero-order valence-corrected chi connectivity index (χ0v) is 2.73. The van der Waals surface area contributed by atoms with Gasteiger partial charge in [-0.25, -0.2) is 0 Å². The van der Waals surface area contributed by atoms with E-state index in [9.17, 15) is 4.79 Å². The number of ketones is 1. The van der Waals surface area contributed by atoms with Crippen LogP contribution in [-0.2, 0) is 4.79 Å². The molecule has 0 rings (SSSR count). The number of hydrogen-bond donors (Lipinski definition) is 1. The maximum atomic E-state index is 9.98. The van der Waals surface area contributed by atoms with Crippen molar-refractivity contribution in [1.29, 1.82) is 1.43 Å². The van der Waals surface area contributed by atoms with Gasteiger partial charge in [-0.2, -0.15) is 0 Å². The zero-order chi connectivity index (χ0) is 5.70. The molecule has 2 nitrogen and oxygen atoms in total. The molecule has 2 heteroatoms. The van der Waals surface area contributed by atoms with Crippen LogP contribution in [0.15, 0.2) is 0 Å². The minimum absolute atomic E-state index is 0.260. The largest absolute Gasteiger partial charge is 0.389 e. The van der Waals surface area contributed by atoms with E-state index < -0.39 is 0 Å². The van der Waals surface area contributed by atoms with Crippen molar-refractivity contribution in [3.63, 3.8) is 0 Å². The third kappa shape index (κ3) is 3.63. The molecule has 0 atom stereocenters. The lowest BCUT2D eigenvalue weighted by molar-refractivity contribution is -0.119. The minimum atomic E-state index is -0.366. The summed E-state index contributed by atoms with van der Waals surface area (Å²) in [6, 6.07) is 0. The van der Waals surface area contributed by atoms with E-state index in [1.54, 1.807) is 0 Å². The first kappa shape index (κ1) is 1.92. The lowest BCUT2D eigenvalue weighted by Gasteiger charge is -1.72. The van der Waals surface area contributed by atoms with Gasteiger partial charge in [0, 0.05) is 1.37 Å². The van der Waals surface area contributed by atoms with Crippen LogP contribution in [0.1, 0.15) is 8.27 Å². The van der Waals surface area contributed by atoms with Crippen LogP contribution in [0.25, 0.3) is 0 Å². The Labute approximate surface area is 33.3 Å². The summed E-state index contributed by atoms with van der Waals surface area (Å²) in [7, 11) is 0. The molecule has 0 heterocycles. The Bertz CT molecular complexity index is 64.0. The second kappa shape index (κ2) is 1.91. The summed E-state index contributed by atoms with van der Waals surface area (Å²) in [4.78, 5) is 9.98. The Morgan fingerprint density at radius 1 is 2.60 bits per heavy atom. The Kier molecular flexibility index (Phi) is 0.734. The second-order valence-corrected chi connectivity index (χ2v) is 0.683. The topological polar surface area (TPSA) is 37.3 Å². The molecule has 1 N–H and O–H groups in total. The van der Waals surface area contributed by atoms with Crippen molar-refractivity contribution < 1.29 is 11.3 Å². The van der Waals surface area contributed by atoms with E-state index in [1.165, 1.54) is 0 Å². The first-order valence-electron chi connectivity index (χ1n) is 2.32. The highest BCUT2D eigenvalue weighted by Gasteiger charge is 1.78. The van der Waals surface area contributed by atoms with Crippen molar-refractivity contribution in [3.05, 3.63) is 0 Å². The summed E-state index contributed by atoms with van der Waals surface area (Å²) in [6.07, 6.45) is 0. The molecule has 0 saturated carbocycles. The summed E-state index contributed by atoms with van der Waals surface area (Å²) in [5.41, 5.74) is 0. The van der Waals surface area contributed by atoms with Crippen molar-refractivity contribution >= 4 is 5.78 Å². The van der Waals surface area contributed by atoms with Gasteiger partial charge >= 0.3 is 0 Å². The molecule has 0 aromatic carbocycles. The van der Waals surface area contributed by atoms with Gasteiger partial charge in [-0.05, 0) is 6.90 Å². The fourth-order valence-electron chi connectivity index (χ4n) is 0. The highest BCUT2D eigenvalue weighted by atomic mass is 16.3. The van der Waals surface area contributed by atoms with Crippen molar-refractivity contribution in [2.24, 2.45) is 0 Å². The lowest BCUT2D eigenvalue weighted by atomic mass is 10.5. The summed E-state index contributed by atoms with van der Waals surface area (Å²) < 4.78 is 12.4. The van der Waals surface area contributed by atoms with Gasteiger partial charge in [0.2, 0.25) is 1.43 Å². The van der Waals surface area contributed by atoms with Gasteiger partial charge in [0.05, 0.1) is 0 Å². The Morgan fingerprint density at radius 2 is 3.40 bits per heavy atom. The fourth-order valence-corrected chi connectivity index (χ4v) is 0. The number of carbonyl (C=O) groups is 1. The molecule has 0 bridgehead atoms. The SMILES string of the molecule is [2H]CC(=O)CO[2H]. The molecule has 0 aromatic heterocycles. The van der Waals surface area contributed by atoms with Crippen molar-refractivity contribution in [2.45, 2.75) is 6.90 Å². The van der Waals surface area contributed by atoms with Gasteiger partial charge in [0.1, 0.15) is 6.61 Å². The number of aliphatic hydroxyl groups is 1. The number of hydrogen-bond acceptors (Lipinski definition) is 2. The van der Waals surface area contributed by atoms with Crippen LogP contribution < -0.4 is 0 Å². The number of carbonyl (C=O) groups excluding carboxylic acids is 1. The van der Waals surface area contributed by atoms with Gasteiger partial charge < -0.3 is 5.11 Å². The summed E-state index contributed by atoms with van der Waals surface area (Å²) in [6.45, 7) is -0.553. The van der Waals surface area contributed by atoms with Crippen LogP contribution in [-0.4, -0.2) is 18.9 Å². The lowest BCUT2D eigenvalue weighted by Crippen LogP contribution is -1.93. The van der Waals surface area contributed by atoms with Gasteiger partial charge in [-0.15, -0.1) is 0 Å². The Morgan fingerprint density at radius 3 is 3.60 bits per heavy atom. The third-order valence-corrected chi connectivity index (χ3v) is 0.161. The second-order valence-electron chi connectivity index (χ2n) is 0.683. The molecule has 5 heavy (non-hydrogen) atoms. The van der Waals surface area contributed by atoms with E-state index in [0.29, 0.717) is 0 Å². The number of Topliss-reactive ketones (excluding diaryl/α,β-unsaturated/α-hetero) is 1. The van der Waals surface area contributed by atoms with E-state index >= 15 is 0 Å². The average Bonchev–Trinajstić information content (AvgIpc) is 1.68.